The minimum Gasteiger partial charge on any atom is -0.354 e. The molecule has 1 N–H and O–H groups in total. The second-order valence-electron chi connectivity index (χ2n) is 5.99. The largest absolute Gasteiger partial charge is 0.354 e. The monoisotopic (exact) mass is 333 g/mol. The fraction of sp³-hybridized carbons (Fsp3) is 0.471. The Morgan fingerprint density at radius 3 is 2.26 bits per heavy atom. The maximum Gasteiger partial charge on any atom is 0.231 e. The normalized spacial score (nSPS) is 11.1. The summed E-state index contributed by atoms with van der Waals surface area (Å²) in [5, 5.41) is 3.45. The van der Waals surface area contributed by atoms with Gasteiger partial charge < -0.3 is 10.2 Å². The zero-order valence-electron chi connectivity index (χ0n) is 14.1. The lowest BCUT2D eigenvalue weighted by Gasteiger charge is -2.30. The van der Waals surface area contributed by atoms with E-state index in [1.165, 1.54) is 5.56 Å². The first-order valence-corrected chi connectivity index (χ1v) is 8.33. The lowest BCUT2D eigenvalue weighted by atomic mass is 10.1. The van der Waals surface area contributed by atoms with Gasteiger partial charge in [-0.1, -0.05) is 30.3 Å². The average Bonchev–Trinajstić information content (AvgIpc) is 2.47. The number of halogens is 1. The van der Waals surface area contributed by atoms with Crippen LogP contribution in [-0.2, 0) is 6.42 Å². The van der Waals surface area contributed by atoms with Crippen molar-refractivity contribution in [1.29, 1.82) is 0 Å². The van der Waals surface area contributed by atoms with Gasteiger partial charge in [-0.3, -0.25) is 0 Å². The minimum atomic E-state index is 0.212. The first-order valence-electron chi connectivity index (χ1n) is 7.95. The molecule has 2 rings (SSSR count). The van der Waals surface area contributed by atoms with Crippen molar-refractivity contribution in [3.8, 4) is 0 Å². The average molecular weight is 334 g/mol. The van der Waals surface area contributed by atoms with Gasteiger partial charge in [0.05, 0.1) is 0 Å². The van der Waals surface area contributed by atoms with Gasteiger partial charge in [-0.15, -0.1) is 0 Å². The second-order valence-corrected chi connectivity index (χ2v) is 6.32. The Balaban J connectivity index is 2.07. The van der Waals surface area contributed by atoms with E-state index in [1.807, 2.05) is 18.2 Å². The SMILES string of the molecule is CC(C)N(c1nc(Cl)nc(NCCc2ccccc2)n1)C(C)C. The Morgan fingerprint density at radius 1 is 1.00 bits per heavy atom. The number of hydrogen-bond acceptors (Lipinski definition) is 5. The van der Waals surface area contributed by atoms with E-state index in [2.05, 4.69) is 65.0 Å². The van der Waals surface area contributed by atoms with Gasteiger partial charge in [-0.25, -0.2) is 0 Å². The summed E-state index contributed by atoms with van der Waals surface area (Å²) in [6, 6.07) is 10.9. The van der Waals surface area contributed by atoms with Gasteiger partial charge in [0.15, 0.2) is 0 Å². The third kappa shape index (κ3) is 5.06. The molecule has 0 spiro atoms. The molecule has 0 saturated carbocycles. The first-order chi connectivity index (χ1) is 11.0. The smallest absolute Gasteiger partial charge is 0.231 e. The van der Waals surface area contributed by atoms with Crippen LogP contribution in [0.1, 0.15) is 33.3 Å². The van der Waals surface area contributed by atoms with Crippen molar-refractivity contribution in [2.45, 2.75) is 46.2 Å². The molecule has 0 aliphatic carbocycles. The Kier molecular flexibility index (Phi) is 6.16. The molecule has 0 unspecified atom stereocenters. The number of aromatic nitrogens is 3. The molecule has 0 amide bonds. The molecule has 124 valence electrons. The van der Waals surface area contributed by atoms with E-state index in [4.69, 9.17) is 11.6 Å². The van der Waals surface area contributed by atoms with E-state index >= 15 is 0 Å². The third-order valence-electron chi connectivity index (χ3n) is 3.48. The molecule has 0 atom stereocenters. The second kappa shape index (κ2) is 8.11. The van der Waals surface area contributed by atoms with Gasteiger partial charge in [0, 0.05) is 18.6 Å². The highest BCUT2D eigenvalue weighted by Crippen LogP contribution is 2.18. The summed E-state index contributed by atoms with van der Waals surface area (Å²) in [6.07, 6.45) is 0.900. The van der Waals surface area contributed by atoms with Gasteiger partial charge in [0.25, 0.3) is 0 Å². The molecule has 23 heavy (non-hydrogen) atoms. The number of rotatable bonds is 7. The van der Waals surface area contributed by atoms with E-state index in [1.54, 1.807) is 0 Å². The quantitative estimate of drug-likeness (QED) is 0.835. The standard InChI is InChI=1S/C17H24ClN5/c1-12(2)23(13(3)4)17-21-15(18)20-16(22-17)19-11-10-14-8-6-5-7-9-14/h5-9,12-13H,10-11H2,1-4H3,(H,19,20,21,22). The highest BCUT2D eigenvalue weighted by Gasteiger charge is 2.18. The van der Waals surface area contributed by atoms with Crippen LogP contribution in [0.25, 0.3) is 0 Å². The Labute approximate surface area is 143 Å². The topological polar surface area (TPSA) is 53.9 Å². The molecule has 0 bridgehead atoms. The maximum atomic E-state index is 6.07. The summed E-state index contributed by atoms with van der Waals surface area (Å²) in [5.74, 6) is 1.12. The molecule has 0 aliphatic heterocycles. The molecule has 1 heterocycles. The molecule has 2 aromatic rings. The summed E-state index contributed by atoms with van der Waals surface area (Å²) in [4.78, 5) is 15.1. The predicted molar refractivity (Wildman–Crippen MR) is 96.2 cm³/mol. The van der Waals surface area contributed by atoms with Crippen LogP contribution in [0.2, 0.25) is 5.28 Å². The fourth-order valence-corrected chi connectivity index (χ4v) is 2.71. The molecule has 1 aromatic carbocycles. The zero-order chi connectivity index (χ0) is 16.8. The summed E-state index contributed by atoms with van der Waals surface area (Å²) in [6.45, 7) is 9.19. The van der Waals surface area contributed by atoms with Crippen molar-refractivity contribution in [1.82, 2.24) is 15.0 Å². The van der Waals surface area contributed by atoms with Gasteiger partial charge in [0.2, 0.25) is 17.2 Å². The van der Waals surface area contributed by atoms with Crippen molar-refractivity contribution in [3.63, 3.8) is 0 Å². The summed E-state index contributed by atoms with van der Waals surface area (Å²) in [5.41, 5.74) is 1.27. The lowest BCUT2D eigenvalue weighted by Crippen LogP contribution is -2.38. The highest BCUT2D eigenvalue weighted by molar-refractivity contribution is 6.28. The summed E-state index contributed by atoms with van der Waals surface area (Å²) in [7, 11) is 0. The van der Waals surface area contributed by atoms with Crippen molar-refractivity contribution in [2.24, 2.45) is 0 Å². The van der Waals surface area contributed by atoms with E-state index < -0.39 is 0 Å². The molecule has 5 nitrogen and oxygen atoms in total. The Morgan fingerprint density at radius 2 is 1.65 bits per heavy atom. The number of hydrogen-bond donors (Lipinski definition) is 1. The molecular weight excluding hydrogens is 310 g/mol. The number of anilines is 2. The third-order valence-corrected chi connectivity index (χ3v) is 3.65. The van der Waals surface area contributed by atoms with E-state index in [0.717, 1.165) is 13.0 Å². The maximum absolute atomic E-state index is 6.07. The van der Waals surface area contributed by atoms with Crippen molar-refractivity contribution in [2.75, 3.05) is 16.8 Å². The van der Waals surface area contributed by atoms with Gasteiger partial charge in [-0.05, 0) is 51.3 Å². The molecule has 1 aromatic heterocycles. The summed E-state index contributed by atoms with van der Waals surface area (Å²) < 4.78 is 0. The van der Waals surface area contributed by atoms with E-state index in [0.29, 0.717) is 11.9 Å². The summed E-state index contributed by atoms with van der Waals surface area (Å²) >= 11 is 6.07. The zero-order valence-corrected chi connectivity index (χ0v) is 14.9. The first kappa shape index (κ1) is 17.5. The molecule has 6 heteroatoms. The lowest BCUT2D eigenvalue weighted by molar-refractivity contribution is 0.590. The van der Waals surface area contributed by atoms with Crippen LogP contribution >= 0.6 is 11.6 Å². The fourth-order valence-electron chi connectivity index (χ4n) is 2.56. The van der Waals surface area contributed by atoms with E-state index in [9.17, 15) is 0 Å². The van der Waals surface area contributed by atoms with Crippen LogP contribution in [0.4, 0.5) is 11.9 Å². The molecule has 0 aliphatic rings. The minimum absolute atomic E-state index is 0.212. The number of benzene rings is 1. The van der Waals surface area contributed by atoms with Crippen molar-refractivity contribution >= 4 is 23.5 Å². The van der Waals surface area contributed by atoms with Crippen molar-refractivity contribution < 1.29 is 0 Å². The van der Waals surface area contributed by atoms with Crippen LogP contribution in [0.5, 0.6) is 0 Å². The molecule has 0 fully saturated rings. The predicted octanol–water partition coefficient (Wildman–Crippen LogP) is 3.80. The molecule has 0 radical (unpaired) electrons. The number of nitrogens with one attached hydrogen (secondary N) is 1. The van der Waals surface area contributed by atoms with Crippen molar-refractivity contribution in [3.05, 3.63) is 41.2 Å². The van der Waals surface area contributed by atoms with Crippen LogP contribution in [-0.4, -0.2) is 33.6 Å². The van der Waals surface area contributed by atoms with Gasteiger partial charge >= 0.3 is 0 Å². The van der Waals surface area contributed by atoms with Gasteiger partial charge in [0.1, 0.15) is 0 Å². The Bertz CT molecular complexity index is 608. The van der Waals surface area contributed by atoms with Gasteiger partial charge in [-0.2, -0.15) is 15.0 Å². The number of nitrogens with zero attached hydrogens (tertiary/aromatic N) is 4. The van der Waals surface area contributed by atoms with Crippen LogP contribution < -0.4 is 10.2 Å². The molecule has 0 saturated heterocycles. The van der Waals surface area contributed by atoms with Crippen LogP contribution in [0.15, 0.2) is 30.3 Å². The highest BCUT2D eigenvalue weighted by atomic mass is 35.5. The van der Waals surface area contributed by atoms with Crippen LogP contribution in [0.3, 0.4) is 0 Å². The Hall–Kier alpha value is -1.88. The van der Waals surface area contributed by atoms with E-state index in [-0.39, 0.29) is 17.4 Å². The van der Waals surface area contributed by atoms with Crippen LogP contribution in [0, 0.1) is 0 Å². The molecular formula is C17H24ClN5.